The minimum atomic E-state index is -0.982. The molecule has 0 spiro atoms. The van der Waals surface area contributed by atoms with Crippen LogP contribution < -0.4 is 5.32 Å². The van der Waals surface area contributed by atoms with E-state index in [9.17, 15) is 15.0 Å². The molecule has 1 aromatic rings. The van der Waals surface area contributed by atoms with Gasteiger partial charge in [0.05, 0.1) is 6.10 Å². The van der Waals surface area contributed by atoms with Gasteiger partial charge in [0.25, 0.3) is 0 Å². The van der Waals surface area contributed by atoms with E-state index >= 15 is 0 Å². The number of aliphatic hydroxyl groups is 1. The Morgan fingerprint density at radius 2 is 2.00 bits per heavy atom. The molecule has 0 saturated carbocycles. The highest BCUT2D eigenvalue weighted by Gasteiger charge is 2.31. The van der Waals surface area contributed by atoms with Gasteiger partial charge < -0.3 is 10.2 Å². The summed E-state index contributed by atoms with van der Waals surface area (Å²) in [6.45, 7) is 3.82. The molecule has 0 bridgehead atoms. The first-order chi connectivity index (χ1) is 8.49. The van der Waals surface area contributed by atoms with Crippen molar-refractivity contribution in [1.29, 1.82) is 0 Å². The Hall–Kier alpha value is -1.39. The highest BCUT2D eigenvalue weighted by Crippen LogP contribution is 2.16. The number of benzene rings is 1. The maximum Gasteiger partial charge on any atom is 0.323 e. The van der Waals surface area contributed by atoms with E-state index in [0.29, 0.717) is 6.42 Å². The van der Waals surface area contributed by atoms with Gasteiger partial charge >= 0.3 is 5.97 Å². The van der Waals surface area contributed by atoms with E-state index in [4.69, 9.17) is 0 Å². The summed E-state index contributed by atoms with van der Waals surface area (Å²) in [4.78, 5) is 11.2. The van der Waals surface area contributed by atoms with Crippen LogP contribution in [0.4, 0.5) is 0 Å². The van der Waals surface area contributed by atoms with Gasteiger partial charge in [-0.05, 0) is 18.9 Å². The first kappa shape index (κ1) is 14.7. The number of aliphatic hydroxyl groups excluding tert-OH is 1. The van der Waals surface area contributed by atoms with Crippen molar-refractivity contribution in [2.45, 2.75) is 38.3 Å². The number of nitrogens with one attached hydrogen (secondary N) is 1. The van der Waals surface area contributed by atoms with E-state index in [0.717, 1.165) is 12.0 Å². The van der Waals surface area contributed by atoms with Crippen molar-refractivity contribution in [3.63, 3.8) is 0 Å². The van der Waals surface area contributed by atoms with Crippen molar-refractivity contribution in [2.75, 3.05) is 6.54 Å². The summed E-state index contributed by atoms with van der Waals surface area (Å²) < 4.78 is 0. The fourth-order valence-electron chi connectivity index (χ4n) is 1.89. The lowest BCUT2D eigenvalue weighted by Crippen LogP contribution is -2.50. The molecule has 4 heteroatoms. The summed E-state index contributed by atoms with van der Waals surface area (Å²) in [6.07, 6.45) is 0.614. The summed E-state index contributed by atoms with van der Waals surface area (Å²) >= 11 is 0. The van der Waals surface area contributed by atoms with Crippen LogP contribution in [0.25, 0.3) is 0 Å². The Morgan fingerprint density at radius 1 is 1.39 bits per heavy atom. The van der Waals surface area contributed by atoms with Gasteiger partial charge in [-0.3, -0.25) is 10.1 Å². The first-order valence-corrected chi connectivity index (χ1v) is 6.21. The molecule has 0 heterocycles. The topological polar surface area (TPSA) is 69.6 Å². The second kappa shape index (κ2) is 6.52. The lowest BCUT2D eigenvalue weighted by Gasteiger charge is -2.27. The number of aliphatic carboxylic acids is 1. The molecule has 0 amide bonds. The molecule has 1 rings (SSSR count). The molecule has 3 N–H and O–H groups in total. The van der Waals surface area contributed by atoms with Crippen LogP contribution in [0, 0.1) is 0 Å². The number of carboxylic acid groups (broad SMARTS) is 1. The van der Waals surface area contributed by atoms with Crippen molar-refractivity contribution in [2.24, 2.45) is 0 Å². The van der Waals surface area contributed by atoms with Crippen molar-refractivity contribution in [3.05, 3.63) is 35.9 Å². The zero-order valence-corrected chi connectivity index (χ0v) is 10.9. The molecule has 2 atom stereocenters. The van der Waals surface area contributed by atoms with Crippen LogP contribution in [0.1, 0.15) is 38.4 Å². The van der Waals surface area contributed by atoms with E-state index in [2.05, 4.69) is 5.32 Å². The Morgan fingerprint density at radius 3 is 2.50 bits per heavy atom. The number of carbonyl (C=O) groups is 1. The minimum Gasteiger partial charge on any atom is -0.480 e. The summed E-state index contributed by atoms with van der Waals surface area (Å²) in [5.41, 5.74) is -0.195. The second-order valence-corrected chi connectivity index (χ2v) is 4.69. The van der Waals surface area contributed by atoms with Crippen LogP contribution in [-0.2, 0) is 4.79 Å². The second-order valence-electron chi connectivity index (χ2n) is 4.69. The average molecular weight is 251 g/mol. The van der Waals surface area contributed by atoms with Gasteiger partial charge in [0.1, 0.15) is 5.54 Å². The lowest BCUT2D eigenvalue weighted by molar-refractivity contribution is -0.144. The normalized spacial score (nSPS) is 15.9. The lowest BCUT2D eigenvalue weighted by atomic mass is 9.95. The third-order valence-electron chi connectivity index (χ3n) is 3.09. The van der Waals surface area contributed by atoms with Gasteiger partial charge in [-0.25, -0.2) is 0 Å². The van der Waals surface area contributed by atoms with Crippen LogP contribution in [0.3, 0.4) is 0 Å². The fraction of sp³-hybridized carbons (Fsp3) is 0.500. The maximum atomic E-state index is 11.2. The Bertz CT molecular complexity index is 380. The zero-order valence-electron chi connectivity index (χ0n) is 10.9. The van der Waals surface area contributed by atoms with Gasteiger partial charge in [0.2, 0.25) is 0 Å². The fourth-order valence-corrected chi connectivity index (χ4v) is 1.89. The molecule has 0 aliphatic carbocycles. The summed E-state index contributed by atoms with van der Waals surface area (Å²) in [5.74, 6) is -0.885. The Labute approximate surface area is 108 Å². The average Bonchev–Trinajstić information content (AvgIpc) is 2.37. The van der Waals surface area contributed by atoms with E-state index in [1.165, 1.54) is 0 Å². The molecule has 2 unspecified atom stereocenters. The Kier molecular flexibility index (Phi) is 5.31. The number of β-amino-alcohol motifs (C(OH)–C–C–N with tert-alkyl or cyclic N) is 1. The van der Waals surface area contributed by atoms with Gasteiger partial charge in [0.15, 0.2) is 0 Å². The largest absolute Gasteiger partial charge is 0.480 e. The molecule has 0 aromatic heterocycles. The molecule has 0 aliphatic heterocycles. The van der Waals surface area contributed by atoms with Crippen molar-refractivity contribution < 1.29 is 15.0 Å². The molecule has 1 aromatic carbocycles. The van der Waals surface area contributed by atoms with Crippen molar-refractivity contribution in [3.8, 4) is 0 Å². The van der Waals surface area contributed by atoms with Gasteiger partial charge in [-0.2, -0.15) is 0 Å². The van der Waals surface area contributed by atoms with Crippen LogP contribution in [0.15, 0.2) is 30.3 Å². The predicted octanol–water partition coefficient (Wildman–Crippen LogP) is 1.95. The molecular weight excluding hydrogens is 230 g/mol. The molecule has 100 valence electrons. The number of hydrogen-bond donors (Lipinski definition) is 3. The number of hydrogen-bond acceptors (Lipinski definition) is 3. The van der Waals surface area contributed by atoms with Gasteiger partial charge in [-0.1, -0.05) is 43.7 Å². The predicted molar refractivity (Wildman–Crippen MR) is 70.4 cm³/mol. The minimum absolute atomic E-state index is 0.229. The third kappa shape index (κ3) is 3.82. The quantitative estimate of drug-likeness (QED) is 0.693. The standard InChI is InChI=1S/C14H21NO3/c1-3-9-14(2,13(17)18)15-10-12(16)11-7-5-4-6-8-11/h4-8,12,15-16H,3,9-10H2,1-2H3,(H,17,18). The van der Waals surface area contributed by atoms with Crippen molar-refractivity contribution in [1.82, 2.24) is 5.32 Å². The molecule has 18 heavy (non-hydrogen) atoms. The summed E-state index contributed by atoms with van der Waals surface area (Å²) in [7, 11) is 0. The van der Waals surface area contributed by atoms with Crippen LogP contribution in [-0.4, -0.2) is 28.3 Å². The number of carboxylic acids is 1. The first-order valence-electron chi connectivity index (χ1n) is 6.21. The van der Waals surface area contributed by atoms with Crippen LogP contribution in [0.2, 0.25) is 0 Å². The van der Waals surface area contributed by atoms with E-state index in [1.807, 2.05) is 37.3 Å². The van der Waals surface area contributed by atoms with Gasteiger partial charge in [0, 0.05) is 6.54 Å². The van der Waals surface area contributed by atoms with Gasteiger partial charge in [-0.15, -0.1) is 0 Å². The van der Waals surface area contributed by atoms with Crippen LogP contribution in [0.5, 0.6) is 0 Å². The number of rotatable bonds is 7. The van der Waals surface area contributed by atoms with Crippen molar-refractivity contribution >= 4 is 5.97 Å². The highest BCUT2D eigenvalue weighted by atomic mass is 16.4. The molecule has 0 aliphatic rings. The zero-order chi connectivity index (χ0) is 13.6. The third-order valence-corrected chi connectivity index (χ3v) is 3.09. The van der Waals surface area contributed by atoms with E-state index in [-0.39, 0.29) is 6.54 Å². The molecule has 0 saturated heterocycles. The highest BCUT2D eigenvalue weighted by molar-refractivity contribution is 5.78. The van der Waals surface area contributed by atoms with Crippen LogP contribution >= 0.6 is 0 Å². The molecular formula is C14H21NO3. The molecule has 0 radical (unpaired) electrons. The molecule has 4 nitrogen and oxygen atoms in total. The monoisotopic (exact) mass is 251 g/mol. The van der Waals surface area contributed by atoms with E-state index < -0.39 is 17.6 Å². The smallest absolute Gasteiger partial charge is 0.323 e. The summed E-state index contributed by atoms with van der Waals surface area (Å²) in [6, 6.07) is 9.22. The SMILES string of the molecule is CCCC(C)(NCC(O)c1ccccc1)C(=O)O. The molecule has 0 fully saturated rings. The Balaban J connectivity index is 2.60. The van der Waals surface area contributed by atoms with E-state index in [1.54, 1.807) is 6.92 Å². The maximum absolute atomic E-state index is 11.2. The summed E-state index contributed by atoms with van der Waals surface area (Å²) in [5, 5.41) is 22.1.